The van der Waals surface area contributed by atoms with Crippen molar-refractivity contribution in [3.05, 3.63) is 34.3 Å². The SMILES string of the molecule is Cc1cc(Cl)ccc1CNCC1(C)CCCS1. The van der Waals surface area contributed by atoms with E-state index in [2.05, 4.69) is 37.0 Å². The van der Waals surface area contributed by atoms with E-state index in [1.54, 1.807) is 0 Å². The van der Waals surface area contributed by atoms with Crippen molar-refractivity contribution in [2.75, 3.05) is 12.3 Å². The first-order chi connectivity index (χ1) is 8.09. The Bertz CT molecular complexity index is 386. The van der Waals surface area contributed by atoms with Gasteiger partial charge in [0.25, 0.3) is 0 Å². The van der Waals surface area contributed by atoms with Gasteiger partial charge < -0.3 is 5.32 Å². The monoisotopic (exact) mass is 269 g/mol. The van der Waals surface area contributed by atoms with Crippen LogP contribution in [0, 0.1) is 6.92 Å². The standard InChI is InChI=1S/C14H20ClNS/c1-11-8-13(15)5-4-12(11)9-16-10-14(2)6-3-7-17-14/h4-5,8,16H,3,6-7,9-10H2,1-2H3. The second-order valence-electron chi connectivity index (χ2n) is 5.08. The van der Waals surface area contributed by atoms with Gasteiger partial charge in [0.15, 0.2) is 0 Å². The summed E-state index contributed by atoms with van der Waals surface area (Å²) in [6.07, 6.45) is 2.70. The number of aryl methyl sites for hydroxylation is 1. The minimum atomic E-state index is 0.445. The van der Waals surface area contributed by atoms with Gasteiger partial charge in [0.05, 0.1) is 0 Å². The number of nitrogens with one attached hydrogen (secondary N) is 1. The van der Waals surface area contributed by atoms with Crippen molar-refractivity contribution in [1.29, 1.82) is 0 Å². The van der Waals surface area contributed by atoms with Crippen LogP contribution in [0.15, 0.2) is 18.2 Å². The zero-order chi connectivity index (χ0) is 12.3. The number of halogens is 1. The number of hydrogen-bond acceptors (Lipinski definition) is 2. The van der Waals surface area contributed by atoms with E-state index in [9.17, 15) is 0 Å². The first-order valence-electron chi connectivity index (χ1n) is 6.19. The Kier molecular flexibility index (Phi) is 4.40. The summed E-state index contributed by atoms with van der Waals surface area (Å²) in [5.41, 5.74) is 2.62. The molecule has 1 N–H and O–H groups in total. The fraction of sp³-hybridized carbons (Fsp3) is 0.571. The first kappa shape index (κ1) is 13.3. The maximum absolute atomic E-state index is 5.95. The van der Waals surface area contributed by atoms with Gasteiger partial charge in [0, 0.05) is 22.9 Å². The Morgan fingerprint density at radius 3 is 2.94 bits per heavy atom. The van der Waals surface area contributed by atoms with E-state index in [0.29, 0.717) is 4.75 Å². The summed E-state index contributed by atoms with van der Waals surface area (Å²) in [4.78, 5) is 0. The molecule has 2 rings (SSSR count). The molecule has 1 aromatic carbocycles. The highest BCUT2D eigenvalue weighted by Crippen LogP contribution is 2.37. The van der Waals surface area contributed by atoms with Gasteiger partial charge in [-0.05, 0) is 55.7 Å². The molecule has 1 heterocycles. The fourth-order valence-electron chi connectivity index (χ4n) is 2.30. The van der Waals surface area contributed by atoms with Crippen molar-refractivity contribution >= 4 is 23.4 Å². The highest BCUT2D eigenvalue weighted by atomic mass is 35.5. The number of thioether (sulfide) groups is 1. The van der Waals surface area contributed by atoms with Gasteiger partial charge in [-0.3, -0.25) is 0 Å². The zero-order valence-electron chi connectivity index (χ0n) is 10.6. The van der Waals surface area contributed by atoms with Crippen LogP contribution in [0.25, 0.3) is 0 Å². The van der Waals surface area contributed by atoms with Gasteiger partial charge in [-0.2, -0.15) is 11.8 Å². The number of rotatable bonds is 4. The molecule has 0 saturated carbocycles. The van der Waals surface area contributed by atoms with Crippen LogP contribution in [0.2, 0.25) is 5.02 Å². The third kappa shape index (κ3) is 3.64. The molecule has 1 aromatic rings. The van der Waals surface area contributed by atoms with Crippen molar-refractivity contribution in [3.8, 4) is 0 Å². The lowest BCUT2D eigenvalue weighted by Crippen LogP contribution is -2.32. The lowest BCUT2D eigenvalue weighted by molar-refractivity contribution is 0.536. The van der Waals surface area contributed by atoms with Crippen molar-refractivity contribution in [2.45, 2.75) is 38.0 Å². The first-order valence-corrected chi connectivity index (χ1v) is 7.55. The minimum absolute atomic E-state index is 0.445. The lowest BCUT2D eigenvalue weighted by Gasteiger charge is -2.23. The number of benzene rings is 1. The third-order valence-electron chi connectivity index (χ3n) is 3.42. The van der Waals surface area contributed by atoms with Crippen molar-refractivity contribution in [2.24, 2.45) is 0 Å². The smallest absolute Gasteiger partial charge is 0.0408 e. The molecule has 1 fully saturated rings. The van der Waals surface area contributed by atoms with E-state index in [4.69, 9.17) is 11.6 Å². The topological polar surface area (TPSA) is 12.0 Å². The predicted octanol–water partition coefficient (Wildman–Crippen LogP) is 4.02. The molecule has 0 aromatic heterocycles. The minimum Gasteiger partial charge on any atom is -0.311 e. The molecule has 0 bridgehead atoms. The molecule has 0 amide bonds. The molecular weight excluding hydrogens is 250 g/mol. The van der Waals surface area contributed by atoms with Crippen molar-refractivity contribution in [3.63, 3.8) is 0 Å². The lowest BCUT2D eigenvalue weighted by atomic mass is 10.1. The normalized spacial score (nSPS) is 24.2. The highest BCUT2D eigenvalue weighted by molar-refractivity contribution is 8.00. The number of hydrogen-bond donors (Lipinski definition) is 1. The van der Waals surface area contributed by atoms with Crippen LogP contribution < -0.4 is 5.32 Å². The summed E-state index contributed by atoms with van der Waals surface area (Å²) < 4.78 is 0.445. The summed E-state index contributed by atoms with van der Waals surface area (Å²) in [7, 11) is 0. The third-order valence-corrected chi connectivity index (χ3v) is 5.19. The Morgan fingerprint density at radius 2 is 2.29 bits per heavy atom. The van der Waals surface area contributed by atoms with Crippen LogP contribution in [0.1, 0.15) is 30.9 Å². The molecule has 94 valence electrons. The molecule has 1 aliphatic heterocycles. The van der Waals surface area contributed by atoms with Crippen molar-refractivity contribution in [1.82, 2.24) is 5.32 Å². The quantitative estimate of drug-likeness (QED) is 0.886. The predicted molar refractivity (Wildman–Crippen MR) is 78.0 cm³/mol. The average molecular weight is 270 g/mol. The average Bonchev–Trinajstić information content (AvgIpc) is 2.69. The van der Waals surface area contributed by atoms with Gasteiger partial charge in [-0.1, -0.05) is 17.7 Å². The van der Waals surface area contributed by atoms with Gasteiger partial charge >= 0.3 is 0 Å². The molecule has 1 aliphatic rings. The van der Waals surface area contributed by atoms with Crippen LogP contribution >= 0.6 is 23.4 Å². The summed E-state index contributed by atoms with van der Waals surface area (Å²) in [6, 6.07) is 6.12. The Hall–Kier alpha value is -0.180. The largest absolute Gasteiger partial charge is 0.311 e. The van der Waals surface area contributed by atoms with Gasteiger partial charge in [-0.15, -0.1) is 0 Å². The Balaban J connectivity index is 1.85. The molecule has 0 radical (unpaired) electrons. The Labute approximate surface area is 113 Å². The van der Waals surface area contributed by atoms with Crippen molar-refractivity contribution < 1.29 is 0 Å². The molecule has 3 heteroatoms. The molecular formula is C14H20ClNS. The van der Waals surface area contributed by atoms with Gasteiger partial charge in [-0.25, -0.2) is 0 Å². The van der Waals surface area contributed by atoms with E-state index in [1.807, 2.05) is 12.1 Å². The summed E-state index contributed by atoms with van der Waals surface area (Å²) in [5.74, 6) is 1.32. The van der Waals surface area contributed by atoms with Gasteiger partial charge in [0.1, 0.15) is 0 Å². The van der Waals surface area contributed by atoms with E-state index in [-0.39, 0.29) is 0 Å². The second kappa shape index (κ2) is 5.64. The molecule has 0 aliphatic carbocycles. The Morgan fingerprint density at radius 1 is 1.47 bits per heavy atom. The van der Waals surface area contributed by atoms with Crippen LogP contribution in [0.5, 0.6) is 0 Å². The summed E-state index contributed by atoms with van der Waals surface area (Å²) in [5, 5.41) is 4.40. The van der Waals surface area contributed by atoms with Gasteiger partial charge in [0.2, 0.25) is 0 Å². The van der Waals surface area contributed by atoms with E-state index in [0.717, 1.165) is 18.1 Å². The van der Waals surface area contributed by atoms with E-state index in [1.165, 1.54) is 29.7 Å². The van der Waals surface area contributed by atoms with Crippen LogP contribution in [0.4, 0.5) is 0 Å². The summed E-state index contributed by atoms with van der Waals surface area (Å²) in [6.45, 7) is 6.53. The molecule has 1 unspecified atom stereocenters. The molecule has 1 nitrogen and oxygen atoms in total. The summed E-state index contributed by atoms with van der Waals surface area (Å²) >= 11 is 8.06. The van der Waals surface area contributed by atoms with E-state index < -0.39 is 0 Å². The van der Waals surface area contributed by atoms with E-state index >= 15 is 0 Å². The maximum Gasteiger partial charge on any atom is 0.0408 e. The van der Waals surface area contributed by atoms with Crippen LogP contribution in [-0.4, -0.2) is 17.0 Å². The van der Waals surface area contributed by atoms with Crippen LogP contribution in [-0.2, 0) is 6.54 Å². The zero-order valence-corrected chi connectivity index (χ0v) is 12.1. The molecule has 1 atom stereocenters. The molecule has 0 spiro atoms. The second-order valence-corrected chi connectivity index (χ2v) is 7.20. The molecule has 17 heavy (non-hydrogen) atoms. The molecule has 1 saturated heterocycles. The fourth-order valence-corrected chi connectivity index (χ4v) is 3.80. The van der Waals surface area contributed by atoms with Crippen LogP contribution in [0.3, 0.4) is 0 Å². The maximum atomic E-state index is 5.95. The highest BCUT2D eigenvalue weighted by Gasteiger charge is 2.28.